The summed E-state index contributed by atoms with van der Waals surface area (Å²) in [6.45, 7) is 3.87. The van der Waals surface area contributed by atoms with Gasteiger partial charge in [-0.1, -0.05) is 11.8 Å². The predicted octanol–water partition coefficient (Wildman–Crippen LogP) is 0.316. The van der Waals surface area contributed by atoms with Crippen LogP contribution in [0.25, 0.3) is 0 Å². The van der Waals surface area contributed by atoms with Crippen LogP contribution in [0.5, 0.6) is 5.75 Å². The SMILES string of the molecule is COCCN(CCO)CCOc1ccc(C#CCN)cc1. The zero-order chi connectivity index (χ0) is 15.3. The van der Waals surface area contributed by atoms with Crippen LogP contribution in [0.1, 0.15) is 5.56 Å². The van der Waals surface area contributed by atoms with Crippen LogP contribution in [0, 0.1) is 11.8 Å². The summed E-state index contributed by atoms with van der Waals surface area (Å²) in [5, 5.41) is 9.01. The first-order chi connectivity index (χ1) is 10.3. The van der Waals surface area contributed by atoms with Crippen molar-refractivity contribution in [2.45, 2.75) is 0 Å². The van der Waals surface area contributed by atoms with E-state index in [1.165, 1.54) is 0 Å². The number of ether oxygens (including phenoxy) is 2. The number of rotatable bonds is 9. The van der Waals surface area contributed by atoms with Gasteiger partial charge in [-0.25, -0.2) is 0 Å². The molecule has 5 heteroatoms. The molecule has 0 atom stereocenters. The molecule has 1 aromatic rings. The Morgan fingerprint density at radius 3 is 2.48 bits per heavy atom. The number of benzene rings is 1. The minimum Gasteiger partial charge on any atom is -0.492 e. The molecule has 0 heterocycles. The second kappa shape index (κ2) is 11.1. The highest BCUT2D eigenvalue weighted by Crippen LogP contribution is 2.11. The second-order valence-electron chi connectivity index (χ2n) is 4.44. The number of aliphatic hydroxyl groups excluding tert-OH is 1. The number of aliphatic hydroxyl groups is 1. The largest absolute Gasteiger partial charge is 0.492 e. The van der Waals surface area contributed by atoms with E-state index in [1.807, 2.05) is 24.3 Å². The maximum absolute atomic E-state index is 9.01. The van der Waals surface area contributed by atoms with Crippen LogP contribution in [-0.4, -0.2) is 63.1 Å². The fraction of sp³-hybridized carbons (Fsp3) is 0.500. The van der Waals surface area contributed by atoms with Crippen molar-refractivity contribution in [3.8, 4) is 17.6 Å². The number of hydrogen-bond acceptors (Lipinski definition) is 5. The summed E-state index contributed by atoms with van der Waals surface area (Å²) in [5.74, 6) is 6.59. The number of nitrogens with zero attached hydrogens (tertiary/aromatic N) is 1. The molecule has 0 radical (unpaired) electrons. The van der Waals surface area contributed by atoms with E-state index in [4.69, 9.17) is 20.3 Å². The molecular formula is C16H24N2O3. The fourth-order valence-corrected chi connectivity index (χ4v) is 1.78. The summed E-state index contributed by atoms with van der Waals surface area (Å²) in [4.78, 5) is 2.10. The third-order valence-electron chi connectivity index (χ3n) is 2.89. The highest BCUT2D eigenvalue weighted by molar-refractivity contribution is 5.38. The first kappa shape index (κ1) is 17.5. The molecule has 21 heavy (non-hydrogen) atoms. The second-order valence-corrected chi connectivity index (χ2v) is 4.44. The van der Waals surface area contributed by atoms with Crippen molar-refractivity contribution in [2.24, 2.45) is 5.73 Å². The van der Waals surface area contributed by atoms with E-state index in [-0.39, 0.29) is 6.61 Å². The molecule has 3 N–H and O–H groups in total. The molecule has 0 saturated carbocycles. The van der Waals surface area contributed by atoms with Gasteiger partial charge in [-0.05, 0) is 24.3 Å². The third-order valence-corrected chi connectivity index (χ3v) is 2.89. The molecule has 0 aromatic heterocycles. The fourth-order valence-electron chi connectivity index (χ4n) is 1.78. The summed E-state index contributed by atoms with van der Waals surface area (Å²) >= 11 is 0. The monoisotopic (exact) mass is 292 g/mol. The van der Waals surface area contributed by atoms with Crippen molar-refractivity contribution in [3.63, 3.8) is 0 Å². The Morgan fingerprint density at radius 1 is 1.14 bits per heavy atom. The first-order valence-corrected chi connectivity index (χ1v) is 7.04. The lowest BCUT2D eigenvalue weighted by molar-refractivity contribution is 0.118. The molecule has 0 aliphatic carbocycles. The van der Waals surface area contributed by atoms with Crippen LogP contribution in [0.4, 0.5) is 0 Å². The molecule has 0 saturated heterocycles. The maximum Gasteiger partial charge on any atom is 0.119 e. The van der Waals surface area contributed by atoms with Gasteiger partial charge in [0.25, 0.3) is 0 Å². The Balaban J connectivity index is 2.36. The molecule has 1 aromatic carbocycles. The Bertz CT molecular complexity index is 437. The standard InChI is InChI=1S/C16H24N2O3/c1-20-13-10-18(9-12-19)11-14-21-16-6-4-15(5-7-16)3-2-8-17/h4-7,19H,8-14,17H2,1H3. The average molecular weight is 292 g/mol. The molecule has 1 rings (SSSR count). The van der Waals surface area contributed by atoms with Crippen LogP contribution in [0.15, 0.2) is 24.3 Å². The number of hydrogen-bond donors (Lipinski definition) is 2. The smallest absolute Gasteiger partial charge is 0.119 e. The molecule has 5 nitrogen and oxygen atoms in total. The van der Waals surface area contributed by atoms with Crippen molar-refractivity contribution in [1.82, 2.24) is 4.90 Å². The van der Waals surface area contributed by atoms with Gasteiger partial charge in [-0.15, -0.1) is 0 Å². The van der Waals surface area contributed by atoms with Crippen molar-refractivity contribution in [1.29, 1.82) is 0 Å². The Hall–Kier alpha value is -1.58. The molecule has 0 unspecified atom stereocenters. The van der Waals surface area contributed by atoms with Gasteiger partial charge in [0.15, 0.2) is 0 Å². The number of methoxy groups -OCH3 is 1. The molecule has 0 bridgehead atoms. The van der Waals surface area contributed by atoms with E-state index in [0.717, 1.165) is 24.4 Å². The van der Waals surface area contributed by atoms with Gasteiger partial charge in [-0.2, -0.15) is 0 Å². The van der Waals surface area contributed by atoms with Crippen molar-refractivity contribution < 1.29 is 14.6 Å². The van der Waals surface area contributed by atoms with E-state index < -0.39 is 0 Å². The van der Waals surface area contributed by atoms with Crippen LogP contribution in [-0.2, 0) is 4.74 Å². The quantitative estimate of drug-likeness (QED) is 0.642. The molecular weight excluding hydrogens is 268 g/mol. The van der Waals surface area contributed by atoms with Crippen molar-refractivity contribution in [3.05, 3.63) is 29.8 Å². The van der Waals surface area contributed by atoms with Gasteiger partial charge < -0.3 is 20.3 Å². The summed E-state index contributed by atoms with van der Waals surface area (Å²) in [5.41, 5.74) is 6.26. The summed E-state index contributed by atoms with van der Waals surface area (Å²) in [6.07, 6.45) is 0. The highest BCUT2D eigenvalue weighted by atomic mass is 16.5. The lowest BCUT2D eigenvalue weighted by atomic mass is 10.2. The Kier molecular flexibility index (Phi) is 9.25. The van der Waals surface area contributed by atoms with Crippen LogP contribution in [0.3, 0.4) is 0 Å². The van der Waals surface area contributed by atoms with Crippen molar-refractivity contribution in [2.75, 3.05) is 53.1 Å². The van der Waals surface area contributed by atoms with Gasteiger partial charge in [0, 0.05) is 32.3 Å². The van der Waals surface area contributed by atoms with Crippen LogP contribution >= 0.6 is 0 Å². The van der Waals surface area contributed by atoms with Gasteiger partial charge in [0.1, 0.15) is 12.4 Å². The molecule has 0 fully saturated rings. The molecule has 0 aliphatic rings. The summed E-state index contributed by atoms with van der Waals surface area (Å²) in [7, 11) is 1.67. The predicted molar refractivity (Wildman–Crippen MR) is 83.3 cm³/mol. The van der Waals surface area contributed by atoms with Crippen LogP contribution < -0.4 is 10.5 Å². The maximum atomic E-state index is 9.01. The van der Waals surface area contributed by atoms with E-state index in [0.29, 0.717) is 26.3 Å². The van der Waals surface area contributed by atoms with Gasteiger partial charge >= 0.3 is 0 Å². The van der Waals surface area contributed by atoms with Gasteiger partial charge in [0.05, 0.1) is 19.8 Å². The van der Waals surface area contributed by atoms with E-state index in [2.05, 4.69) is 16.7 Å². The molecule has 0 amide bonds. The average Bonchev–Trinajstić information content (AvgIpc) is 2.52. The van der Waals surface area contributed by atoms with Gasteiger partial charge in [0.2, 0.25) is 0 Å². The molecule has 116 valence electrons. The van der Waals surface area contributed by atoms with E-state index >= 15 is 0 Å². The normalized spacial score (nSPS) is 10.3. The first-order valence-electron chi connectivity index (χ1n) is 7.04. The summed E-state index contributed by atoms with van der Waals surface area (Å²) < 4.78 is 10.7. The Morgan fingerprint density at radius 2 is 1.86 bits per heavy atom. The molecule has 0 spiro atoms. The van der Waals surface area contributed by atoms with Crippen LogP contribution in [0.2, 0.25) is 0 Å². The topological polar surface area (TPSA) is 68.0 Å². The highest BCUT2D eigenvalue weighted by Gasteiger charge is 2.04. The minimum absolute atomic E-state index is 0.137. The Labute approximate surface area is 126 Å². The lowest BCUT2D eigenvalue weighted by Crippen LogP contribution is -2.33. The lowest BCUT2D eigenvalue weighted by Gasteiger charge is -2.20. The zero-order valence-electron chi connectivity index (χ0n) is 12.5. The third kappa shape index (κ3) is 7.69. The van der Waals surface area contributed by atoms with E-state index in [1.54, 1.807) is 7.11 Å². The minimum atomic E-state index is 0.137. The molecule has 0 aliphatic heterocycles. The van der Waals surface area contributed by atoms with Crippen molar-refractivity contribution >= 4 is 0 Å². The zero-order valence-corrected chi connectivity index (χ0v) is 12.5. The van der Waals surface area contributed by atoms with E-state index in [9.17, 15) is 0 Å². The summed E-state index contributed by atoms with van der Waals surface area (Å²) in [6, 6.07) is 7.61. The number of nitrogens with two attached hydrogens (primary N) is 1. The van der Waals surface area contributed by atoms with Gasteiger partial charge in [-0.3, -0.25) is 4.90 Å².